The molecular formula is C35H23N7O2Pt. The average molecular weight is 772 g/mol. The van der Waals surface area contributed by atoms with Crippen LogP contribution in [0.25, 0.3) is 56.5 Å². The van der Waals surface area contributed by atoms with Gasteiger partial charge in [-0.15, -0.1) is 18.2 Å². The molecule has 220 valence electrons. The van der Waals surface area contributed by atoms with Crippen molar-refractivity contribution in [1.82, 2.24) is 32.8 Å². The number of aryl methyl sites for hydroxylation is 1. The summed E-state index contributed by atoms with van der Waals surface area (Å²) in [4.78, 5) is 37.8. The van der Waals surface area contributed by atoms with E-state index in [0.717, 1.165) is 4.57 Å². The van der Waals surface area contributed by atoms with Crippen LogP contribution in [-0.4, -0.2) is 32.8 Å². The zero-order valence-corrected chi connectivity index (χ0v) is 25.6. The number of hydrogen-bond donors (Lipinski definition) is 0. The van der Waals surface area contributed by atoms with Crippen LogP contribution in [0.15, 0.2) is 131 Å². The Bertz CT molecular complexity index is 2540. The smallest absolute Gasteiger partial charge is 0.319 e. The zero-order valence-electron chi connectivity index (χ0n) is 26.3. The van der Waals surface area contributed by atoms with Gasteiger partial charge in [0.05, 0.1) is 5.69 Å². The molecule has 0 saturated carbocycles. The average Bonchev–Trinajstić information content (AvgIpc) is 3.74. The molecule has 0 amide bonds. The van der Waals surface area contributed by atoms with Gasteiger partial charge in [-0.2, -0.15) is 24.3 Å². The van der Waals surface area contributed by atoms with E-state index in [-0.39, 0.29) is 43.9 Å². The normalized spacial score (nSPS) is 12.5. The van der Waals surface area contributed by atoms with Crippen molar-refractivity contribution in [3.05, 3.63) is 155 Å². The minimum absolute atomic E-state index is 0. The number of hydrogen-bond acceptors (Lipinski definition) is 4. The van der Waals surface area contributed by atoms with Gasteiger partial charge in [-0.25, -0.2) is 14.6 Å². The van der Waals surface area contributed by atoms with Gasteiger partial charge in [-0.3, -0.25) is 9.55 Å². The van der Waals surface area contributed by atoms with Gasteiger partial charge >= 0.3 is 32.4 Å². The molecule has 0 bridgehead atoms. The predicted octanol–water partition coefficient (Wildman–Crippen LogP) is 5.27. The van der Waals surface area contributed by atoms with Gasteiger partial charge in [-0.05, 0) is 58.5 Å². The number of aromatic nitrogens is 7. The number of fused-ring (bicyclic) bond motifs is 2. The van der Waals surface area contributed by atoms with Crippen molar-refractivity contribution < 1.29 is 25.2 Å². The van der Waals surface area contributed by atoms with Crippen LogP contribution in [0.3, 0.4) is 0 Å². The molecule has 0 spiro atoms. The molecule has 0 unspecified atom stereocenters. The molecule has 0 radical (unpaired) electrons. The van der Waals surface area contributed by atoms with E-state index in [1.54, 1.807) is 83.6 Å². The van der Waals surface area contributed by atoms with E-state index < -0.39 is 12.7 Å². The topological polar surface area (TPSA) is 84.6 Å². The van der Waals surface area contributed by atoms with Gasteiger partial charge in [0.15, 0.2) is 0 Å². The Balaban J connectivity index is 0.00000364. The van der Waals surface area contributed by atoms with Crippen molar-refractivity contribution in [3.63, 3.8) is 0 Å². The van der Waals surface area contributed by atoms with Crippen molar-refractivity contribution in [2.45, 2.75) is 0 Å². The molecule has 0 atom stereocenters. The first-order chi connectivity index (χ1) is 22.8. The van der Waals surface area contributed by atoms with Crippen molar-refractivity contribution >= 4 is 22.1 Å². The third-order valence-corrected chi connectivity index (χ3v) is 7.47. The fraction of sp³-hybridized carbons (Fsp3) is 0.0286. The van der Waals surface area contributed by atoms with Crippen LogP contribution in [0.2, 0.25) is 0 Å². The molecule has 0 aliphatic rings. The first kappa shape index (κ1) is 24.9. The number of rotatable bonds is 5. The second-order valence-corrected chi connectivity index (χ2v) is 10.1. The van der Waals surface area contributed by atoms with Crippen LogP contribution in [0.1, 0.15) is 4.11 Å². The summed E-state index contributed by atoms with van der Waals surface area (Å²) >= 11 is 0. The summed E-state index contributed by atoms with van der Waals surface area (Å²) < 4.78 is 31.7. The molecule has 0 N–H and O–H groups in total. The van der Waals surface area contributed by atoms with E-state index in [0.29, 0.717) is 39.3 Å². The van der Waals surface area contributed by atoms with Crippen molar-refractivity contribution in [2.75, 3.05) is 0 Å². The largest absolute Gasteiger partial charge is 2.00 e. The molecule has 45 heavy (non-hydrogen) atoms. The molecule has 10 heteroatoms. The molecule has 9 nitrogen and oxygen atoms in total. The fourth-order valence-corrected chi connectivity index (χ4v) is 5.54. The van der Waals surface area contributed by atoms with E-state index in [9.17, 15) is 9.59 Å². The maximum atomic E-state index is 14.6. The molecule has 0 saturated heterocycles. The van der Waals surface area contributed by atoms with Crippen LogP contribution in [0.4, 0.5) is 0 Å². The predicted molar refractivity (Wildman–Crippen MR) is 169 cm³/mol. The quantitative estimate of drug-likeness (QED) is 0.224. The van der Waals surface area contributed by atoms with Crippen molar-refractivity contribution in [2.24, 2.45) is 6.98 Å². The Morgan fingerprint density at radius 2 is 1.31 bits per heavy atom. The maximum absolute atomic E-state index is 14.6. The molecular weight excluding hydrogens is 746 g/mol. The summed E-state index contributed by atoms with van der Waals surface area (Å²) in [6.07, 6.45) is 2.95. The Labute approximate surface area is 275 Å². The van der Waals surface area contributed by atoms with E-state index in [1.165, 1.54) is 19.9 Å². The minimum atomic E-state index is -2.70. The summed E-state index contributed by atoms with van der Waals surface area (Å²) in [7, 11) is 0. The number of para-hydroxylation sites is 3. The first-order valence-electron chi connectivity index (χ1n) is 15.3. The van der Waals surface area contributed by atoms with Gasteiger partial charge in [0.2, 0.25) is 5.95 Å². The van der Waals surface area contributed by atoms with Gasteiger partial charge in [-0.1, -0.05) is 48.2 Å². The molecule has 0 aliphatic heterocycles. The number of pyridine rings is 1. The summed E-state index contributed by atoms with van der Waals surface area (Å²) in [6.45, 7) is -2.70. The third kappa shape index (κ3) is 4.51. The van der Waals surface area contributed by atoms with Gasteiger partial charge < -0.3 is 18.3 Å². The standard InChI is InChI=1S/C35H23N7O2.Pt/c1-38-23-28(27-19-11-12-20-36-27)37-33(38)42-32-22-30-29(21-31(32)41(35(42)44)26-17-9-4-10-18-26)39(24-13-5-2-6-14-24)34(43)40(30)25-15-7-3-8-16-25;/h2-15,17-21,23H,1H3;/q-2;+2/i1D3;. The second kappa shape index (κ2) is 11.2. The maximum Gasteiger partial charge on any atom is 2.00 e. The summed E-state index contributed by atoms with van der Waals surface area (Å²) in [5.41, 5.74) is 2.90. The van der Waals surface area contributed by atoms with Crippen LogP contribution >= 0.6 is 0 Å². The summed E-state index contributed by atoms with van der Waals surface area (Å²) in [6, 6.07) is 38.7. The Morgan fingerprint density at radius 1 is 0.689 bits per heavy atom. The summed E-state index contributed by atoms with van der Waals surface area (Å²) in [5.74, 6) is -0.145. The van der Waals surface area contributed by atoms with Crippen LogP contribution in [0.5, 0.6) is 0 Å². The molecule has 4 aromatic heterocycles. The number of imidazole rings is 3. The molecule has 4 aromatic carbocycles. The first-order valence-corrected chi connectivity index (χ1v) is 13.8. The van der Waals surface area contributed by atoms with Crippen LogP contribution < -0.4 is 11.4 Å². The number of nitrogens with zero attached hydrogens (tertiary/aromatic N) is 7. The summed E-state index contributed by atoms with van der Waals surface area (Å²) in [5, 5.41) is 0. The van der Waals surface area contributed by atoms with Crippen LogP contribution in [0, 0.1) is 12.1 Å². The van der Waals surface area contributed by atoms with E-state index in [2.05, 4.69) is 22.1 Å². The molecule has 8 aromatic rings. The van der Waals surface area contributed by atoms with E-state index >= 15 is 0 Å². The zero-order chi connectivity index (χ0) is 32.3. The minimum Gasteiger partial charge on any atom is -0.319 e. The third-order valence-electron chi connectivity index (χ3n) is 7.47. The molecule has 0 fully saturated rings. The molecule has 0 aliphatic carbocycles. The monoisotopic (exact) mass is 771 g/mol. The van der Waals surface area contributed by atoms with Gasteiger partial charge in [0.25, 0.3) is 0 Å². The van der Waals surface area contributed by atoms with Crippen molar-refractivity contribution in [3.8, 4) is 34.4 Å². The SMILES string of the molecule is [2H]C([2H])([2H])n1cc(-c2ccccn2)nc1-n1c(=O)n(-c2ccccc2)c2cc3c([c-]c21)n(-c1[c-]cccc1)c(=O)n3-c1ccccc1.[Pt+2]. The van der Waals surface area contributed by atoms with Crippen molar-refractivity contribution in [1.29, 1.82) is 0 Å². The fourth-order valence-electron chi connectivity index (χ4n) is 5.54. The Kier molecular flexibility index (Phi) is 6.18. The Morgan fingerprint density at radius 3 is 1.91 bits per heavy atom. The van der Waals surface area contributed by atoms with E-state index in [1.807, 2.05) is 36.4 Å². The van der Waals surface area contributed by atoms with Gasteiger partial charge in [0, 0.05) is 34.9 Å². The van der Waals surface area contributed by atoms with Gasteiger partial charge in [0.1, 0.15) is 5.69 Å². The number of benzene rings is 4. The molecule has 8 rings (SSSR count). The second-order valence-electron chi connectivity index (χ2n) is 10.1. The van der Waals surface area contributed by atoms with E-state index in [4.69, 9.17) is 4.11 Å². The Hall–Kier alpha value is -5.53. The molecule has 4 heterocycles. The van der Waals surface area contributed by atoms with Crippen LogP contribution in [-0.2, 0) is 28.0 Å².